The molecule has 0 aromatic carbocycles. The van der Waals surface area contributed by atoms with E-state index in [0.717, 1.165) is 5.92 Å². The third kappa shape index (κ3) is 0.807. The summed E-state index contributed by atoms with van der Waals surface area (Å²) in [6.45, 7) is 1.92. The van der Waals surface area contributed by atoms with Gasteiger partial charge in [0.15, 0.2) is 0 Å². The van der Waals surface area contributed by atoms with Gasteiger partial charge >= 0.3 is 0 Å². The number of allylic oxidation sites excluding steroid dienone is 2. The van der Waals surface area contributed by atoms with E-state index >= 15 is 0 Å². The lowest BCUT2D eigenvalue weighted by molar-refractivity contribution is 0.111. The Morgan fingerprint density at radius 2 is 2.20 bits per heavy atom. The molecular formula is C9H14O. The molecule has 2 aliphatic carbocycles. The second-order valence-electron chi connectivity index (χ2n) is 3.68. The van der Waals surface area contributed by atoms with E-state index in [9.17, 15) is 5.11 Å². The summed E-state index contributed by atoms with van der Waals surface area (Å²) in [5, 5.41) is 9.34. The maximum atomic E-state index is 9.34. The molecule has 0 saturated heterocycles. The van der Waals surface area contributed by atoms with Crippen molar-refractivity contribution < 1.29 is 5.11 Å². The number of aliphatic hydroxyl groups is 1. The molecule has 0 radical (unpaired) electrons. The normalized spacial score (nSPS) is 46.4. The van der Waals surface area contributed by atoms with Crippen molar-refractivity contribution in [1.82, 2.24) is 0 Å². The van der Waals surface area contributed by atoms with Gasteiger partial charge < -0.3 is 5.11 Å². The summed E-state index contributed by atoms with van der Waals surface area (Å²) in [7, 11) is 0. The lowest BCUT2D eigenvalue weighted by Crippen LogP contribution is -2.20. The van der Waals surface area contributed by atoms with Crippen LogP contribution < -0.4 is 0 Å². The van der Waals surface area contributed by atoms with Gasteiger partial charge in [-0.05, 0) is 37.5 Å². The molecule has 4 atom stereocenters. The first-order valence-electron chi connectivity index (χ1n) is 4.14. The molecule has 10 heavy (non-hydrogen) atoms. The first kappa shape index (κ1) is 6.41. The van der Waals surface area contributed by atoms with Crippen LogP contribution in [0.25, 0.3) is 0 Å². The van der Waals surface area contributed by atoms with Crippen LogP contribution in [0.2, 0.25) is 0 Å². The molecule has 56 valence electrons. The van der Waals surface area contributed by atoms with Gasteiger partial charge in [-0.15, -0.1) is 0 Å². The van der Waals surface area contributed by atoms with Crippen LogP contribution in [0.1, 0.15) is 19.8 Å². The van der Waals surface area contributed by atoms with Crippen LogP contribution in [0.3, 0.4) is 0 Å². The van der Waals surface area contributed by atoms with Crippen molar-refractivity contribution in [2.75, 3.05) is 0 Å². The molecule has 0 aromatic heterocycles. The van der Waals surface area contributed by atoms with E-state index in [1.165, 1.54) is 12.8 Å². The highest BCUT2D eigenvalue weighted by Crippen LogP contribution is 2.44. The van der Waals surface area contributed by atoms with Gasteiger partial charge in [0.1, 0.15) is 0 Å². The quantitative estimate of drug-likeness (QED) is 0.545. The van der Waals surface area contributed by atoms with Crippen LogP contribution in [0.4, 0.5) is 0 Å². The van der Waals surface area contributed by atoms with Crippen LogP contribution in [-0.4, -0.2) is 11.2 Å². The first-order chi connectivity index (χ1) is 4.77. The Kier molecular flexibility index (Phi) is 1.34. The molecule has 0 unspecified atom stereocenters. The molecule has 1 nitrogen and oxygen atoms in total. The van der Waals surface area contributed by atoms with Gasteiger partial charge in [0, 0.05) is 0 Å². The topological polar surface area (TPSA) is 20.2 Å². The Morgan fingerprint density at radius 1 is 1.40 bits per heavy atom. The smallest absolute Gasteiger partial charge is 0.0546 e. The van der Waals surface area contributed by atoms with E-state index in [2.05, 4.69) is 12.2 Å². The van der Waals surface area contributed by atoms with E-state index in [4.69, 9.17) is 0 Å². The van der Waals surface area contributed by atoms with Gasteiger partial charge in [-0.1, -0.05) is 12.2 Å². The number of aliphatic hydroxyl groups excluding tert-OH is 1. The maximum Gasteiger partial charge on any atom is 0.0546 e. The second kappa shape index (κ2) is 2.09. The summed E-state index contributed by atoms with van der Waals surface area (Å²) in [6, 6.07) is 0. The van der Waals surface area contributed by atoms with Gasteiger partial charge in [0.25, 0.3) is 0 Å². The highest BCUT2D eigenvalue weighted by atomic mass is 16.3. The molecule has 2 rings (SSSR count). The Labute approximate surface area is 61.8 Å². The largest absolute Gasteiger partial charge is 0.393 e. The highest BCUT2D eigenvalue weighted by Gasteiger charge is 2.37. The lowest BCUT2D eigenvalue weighted by atomic mass is 9.89. The standard InChI is InChI=1S/C9H14O/c1-6(10)9-5-7-2-3-8(9)4-7/h2-3,6-10H,4-5H2,1H3/t6-,7-,8-,9+/m0/s1. The lowest BCUT2D eigenvalue weighted by Gasteiger charge is -2.20. The van der Waals surface area contributed by atoms with Gasteiger partial charge in [0.05, 0.1) is 6.10 Å². The Morgan fingerprint density at radius 3 is 2.50 bits per heavy atom. The fourth-order valence-electron chi connectivity index (χ4n) is 2.38. The monoisotopic (exact) mass is 138 g/mol. The maximum absolute atomic E-state index is 9.34. The van der Waals surface area contributed by atoms with Gasteiger partial charge in [0.2, 0.25) is 0 Å². The Bertz CT molecular complexity index is 160. The van der Waals surface area contributed by atoms with Crippen LogP contribution in [0, 0.1) is 17.8 Å². The molecular weight excluding hydrogens is 124 g/mol. The van der Waals surface area contributed by atoms with Crippen molar-refractivity contribution in [3.05, 3.63) is 12.2 Å². The van der Waals surface area contributed by atoms with E-state index in [1.807, 2.05) is 6.92 Å². The number of hydrogen-bond donors (Lipinski definition) is 1. The van der Waals surface area contributed by atoms with Crippen molar-refractivity contribution in [2.45, 2.75) is 25.9 Å². The minimum Gasteiger partial charge on any atom is -0.393 e. The highest BCUT2D eigenvalue weighted by molar-refractivity contribution is 5.10. The molecule has 0 spiro atoms. The molecule has 1 heteroatoms. The zero-order valence-electron chi connectivity index (χ0n) is 6.33. The predicted molar refractivity (Wildman–Crippen MR) is 40.5 cm³/mol. The zero-order valence-corrected chi connectivity index (χ0v) is 6.33. The average Bonchev–Trinajstić information content (AvgIpc) is 2.44. The van der Waals surface area contributed by atoms with E-state index < -0.39 is 0 Å². The van der Waals surface area contributed by atoms with Crippen molar-refractivity contribution >= 4 is 0 Å². The zero-order chi connectivity index (χ0) is 7.14. The number of hydrogen-bond acceptors (Lipinski definition) is 1. The second-order valence-corrected chi connectivity index (χ2v) is 3.68. The van der Waals surface area contributed by atoms with Crippen molar-refractivity contribution in [2.24, 2.45) is 17.8 Å². The predicted octanol–water partition coefficient (Wildman–Crippen LogP) is 1.58. The van der Waals surface area contributed by atoms with E-state index in [1.54, 1.807) is 0 Å². The number of rotatable bonds is 1. The summed E-state index contributed by atoms with van der Waals surface area (Å²) in [5.74, 6) is 2.06. The van der Waals surface area contributed by atoms with Crippen molar-refractivity contribution in [3.63, 3.8) is 0 Å². The van der Waals surface area contributed by atoms with Crippen LogP contribution in [-0.2, 0) is 0 Å². The molecule has 1 N–H and O–H groups in total. The molecule has 1 saturated carbocycles. The Hall–Kier alpha value is -0.300. The van der Waals surface area contributed by atoms with E-state index in [0.29, 0.717) is 11.8 Å². The molecule has 2 aliphatic rings. The first-order valence-corrected chi connectivity index (χ1v) is 4.14. The van der Waals surface area contributed by atoms with Gasteiger partial charge in [-0.3, -0.25) is 0 Å². The summed E-state index contributed by atoms with van der Waals surface area (Å²) in [6.07, 6.45) is 7.02. The molecule has 0 aromatic rings. The summed E-state index contributed by atoms with van der Waals surface area (Å²) in [4.78, 5) is 0. The number of fused-ring (bicyclic) bond motifs is 2. The van der Waals surface area contributed by atoms with E-state index in [-0.39, 0.29) is 6.10 Å². The summed E-state index contributed by atoms with van der Waals surface area (Å²) in [5.41, 5.74) is 0. The van der Waals surface area contributed by atoms with Crippen LogP contribution in [0.15, 0.2) is 12.2 Å². The molecule has 1 fully saturated rings. The molecule has 0 amide bonds. The van der Waals surface area contributed by atoms with Crippen LogP contribution in [0.5, 0.6) is 0 Å². The molecule has 0 heterocycles. The molecule has 2 bridgehead atoms. The minimum atomic E-state index is -0.0973. The fraction of sp³-hybridized carbons (Fsp3) is 0.778. The minimum absolute atomic E-state index is 0.0973. The van der Waals surface area contributed by atoms with Crippen molar-refractivity contribution in [3.8, 4) is 0 Å². The SMILES string of the molecule is C[C@H](O)[C@H]1C[C@H]2C=C[C@H]1C2. The van der Waals surface area contributed by atoms with Crippen molar-refractivity contribution in [1.29, 1.82) is 0 Å². The van der Waals surface area contributed by atoms with Gasteiger partial charge in [-0.25, -0.2) is 0 Å². The third-order valence-corrected chi connectivity index (χ3v) is 2.95. The summed E-state index contributed by atoms with van der Waals surface area (Å²) < 4.78 is 0. The Balaban J connectivity index is 2.09. The van der Waals surface area contributed by atoms with Gasteiger partial charge in [-0.2, -0.15) is 0 Å². The third-order valence-electron chi connectivity index (χ3n) is 2.95. The van der Waals surface area contributed by atoms with Crippen LogP contribution >= 0.6 is 0 Å². The summed E-state index contributed by atoms with van der Waals surface area (Å²) >= 11 is 0. The molecule has 0 aliphatic heterocycles. The fourth-order valence-corrected chi connectivity index (χ4v) is 2.38. The average molecular weight is 138 g/mol.